The average molecular weight is 387 g/mol. The van der Waals surface area contributed by atoms with Crippen LogP contribution in [0, 0.1) is 5.92 Å². The topological polar surface area (TPSA) is 78.9 Å². The van der Waals surface area contributed by atoms with Gasteiger partial charge in [-0.3, -0.25) is 4.79 Å². The number of fused-ring (bicyclic) bond motifs is 1. The third-order valence-corrected chi connectivity index (χ3v) is 6.02. The zero-order chi connectivity index (χ0) is 19.5. The first-order valence-electron chi connectivity index (χ1n) is 10.5. The molecule has 8 nitrogen and oxygen atoms in total. The SMILES string of the molecule is CCOC(=O)N1CCN(C(=O)C2CCCN(c3cc4c(nn3)CCC4)C2)CC1. The minimum absolute atomic E-state index is 0.0158. The van der Waals surface area contributed by atoms with Crippen LogP contribution < -0.4 is 4.90 Å². The van der Waals surface area contributed by atoms with Gasteiger partial charge in [0.25, 0.3) is 0 Å². The summed E-state index contributed by atoms with van der Waals surface area (Å²) in [7, 11) is 0. The van der Waals surface area contributed by atoms with Gasteiger partial charge in [-0.1, -0.05) is 0 Å². The number of ether oxygens (including phenoxy) is 1. The van der Waals surface area contributed by atoms with Gasteiger partial charge in [0, 0.05) is 39.3 Å². The highest BCUT2D eigenvalue weighted by molar-refractivity contribution is 5.80. The molecular formula is C20H29N5O3. The maximum Gasteiger partial charge on any atom is 0.409 e. The average Bonchev–Trinajstić information content (AvgIpc) is 3.21. The van der Waals surface area contributed by atoms with Gasteiger partial charge in [0.2, 0.25) is 5.91 Å². The molecule has 2 aliphatic heterocycles. The lowest BCUT2D eigenvalue weighted by Gasteiger charge is -2.38. The smallest absolute Gasteiger partial charge is 0.409 e. The summed E-state index contributed by atoms with van der Waals surface area (Å²) < 4.78 is 5.05. The zero-order valence-corrected chi connectivity index (χ0v) is 16.6. The molecule has 152 valence electrons. The molecule has 0 N–H and O–H groups in total. The molecule has 1 unspecified atom stereocenters. The molecule has 2 saturated heterocycles. The molecule has 0 saturated carbocycles. The third kappa shape index (κ3) is 3.91. The second-order valence-electron chi connectivity index (χ2n) is 7.82. The molecule has 3 aliphatic rings. The fraction of sp³-hybridized carbons (Fsp3) is 0.700. The predicted octanol–water partition coefficient (Wildman–Crippen LogP) is 1.48. The van der Waals surface area contributed by atoms with Crippen molar-refractivity contribution in [2.24, 2.45) is 5.92 Å². The molecule has 0 bridgehead atoms. The number of amides is 2. The standard InChI is InChI=1S/C20H29N5O3/c1-2-28-20(27)24-11-9-23(10-12-24)19(26)16-6-4-8-25(14-16)18-13-15-5-3-7-17(15)21-22-18/h13,16H,2-12,14H2,1H3. The van der Waals surface area contributed by atoms with Crippen LogP contribution in [0.5, 0.6) is 0 Å². The summed E-state index contributed by atoms with van der Waals surface area (Å²) in [6.45, 7) is 6.03. The third-order valence-electron chi connectivity index (χ3n) is 6.02. The molecule has 1 atom stereocenters. The van der Waals surface area contributed by atoms with E-state index in [1.54, 1.807) is 11.8 Å². The van der Waals surface area contributed by atoms with E-state index in [1.807, 2.05) is 4.90 Å². The minimum atomic E-state index is -0.284. The summed E-state index contributed by atoms with van der Waals surface area (Å²) in [6.07, 6.45) is 4.88. The van der Waals surface area contributed by atoms with Crippen LogP contribution in [0.3, 0.4) is 0 Å². The maximum atomic E-state index is 13.0. The van der Waals surface area contributed by atoms with Crippen LogP contribution in [-0.2, 0) is 22.4 Å². The molecule has 4 rings (SSSR count). The van der Waals surface area contributed by atoms with Crippen LogP contribution in [-0.4, -0.2) is 77.9 Å². The normalized spacial score (nSPS) is 22.2. The van der Waals surface area contributed by atoms with Gasteiger partial charge >= 0.3 is 6.09 Å². The Balaban J connectivity index is 1.34. The van der Waals surface area contributed by atoms with Gasteiger partial charge in [0.05, 0.1) is 18.2 Å². The second-order valence-corrected chi connectivity index (χ2v) is 7.82. The molecule has 2 amide bonds. The molecule has 1 aromatic heterocycles. The van der Waals surface area contributed by atoms with E-state index in [0.717, 1.165) is 50.2 Å². The van der Waals surface area contributed by atoms with Crippen molar-refractivity contribution in [2.75, 3.05) is 50.8 Å². The van der Waals surface area contributed by atoms with Gasteiger partial charge in [-0.25, -0.2) is 4.79 Å². The lowest BCUT2D eigenvalue weighted by Crippen LogP contribution is -2.53. The molecule has 28 heavy (non-hydrogen) atoms. The number of carbonyl (C=O) groups is 2. The van der Waals surface area contributed by atoms with Crippen molar-refractivity contribution in [3.8, 4) is 0 Å². The fourth-order valence-corrected chi connectivity index (χ4v) is 4.44. The van der Waals surface area contributed by atoms with E-state index in [1.165, 1.54) is 5.56 Å². The first-order valence-corrected chi connectivity index (χ1v) is 10.5. The van der Waals surface area contributed by atoms with Crippen LogP contribution in [0.25, 0.3) is 0 Å². The van der Waals surface area contributed by atoms with E-state index in [0.29, 0.717) is 39.3 Å². The van der Waals surface area contributed by atoms with Crippen molar-refractivity contribution < 1.29 is 14.3 Å². The summed E-state index contributed by atoms with van der Waals surface area (Å²) in [6, 6.07) is 2.17. The van der Waals surface area contributed by atoms with Gasteiger partial charge in [0.15, 0.2) is 5.82 Å². The quantitative estimate of drug-likeness (QED) is 0.782. The number of hydrogen-bond donors (Lipinski definition) is 0. The molecule has 2 fully saturated rings. The largest absolute Gasteiger partial charge is 0.450 e. The fourth-order valence-electron chi connectivity index (χ4n) is 4.44. The van der Waals surface area contributed by atoms with Crippen LogP contribution in [0.2, 0.25) is 0 Å². The van der Waals surface area contributed by atoms with Crippen molar-refractivity contribution in [1.29, 1.82) is 0 Å². The highest BCUT2D eigenvalue weighted by Gasteiger charge is 2.33. The van der Waals surface area contributed by atoms with Gasteiger partial charge in [0.1, 0.15) is 0 Å². The number of piperidine rings is 1. The first kappa shape index (κ1) is 19.0. The van der Waals surface area contributed by atoms with Crippen molar-refractivity contribution in [1.82, 2.24) is 20.0 Å². The van der Waals surface area contributed by atoms with Crippen LogP contribution in [0.1, 0.15) is 37.4 Å². The number of carbonyl (C=O) groups excluding carboxylic acids is 2. The number of nitrogens with zero attached hydrogens (tertiary/aromatic N) is 5. The number of hydrogen-bond acceptors (Lipinski definition) is 6. The Morgan fingerprint density at radius 1 is 1.07 bits per heavy atom. The van der Waals surface area contributed by atoms with Crippen LogP contribution >= 0.6 is 0 Å². The Morgan fingerprint density at radius 3 is 2.64 bits per heavy atom. The number of anilines is 1. The summed E-state index contributed by atoms with van der Waals surface area (Å²) in [5, 5.41) is 8.82. The number of piperazine rings is 1. The van der Waals surface area contributed by atoms with Crippen molar-refractivity contribution >= 4 is 17.8 Å². The predicted molar refractivity (Wildman–Crippen MR) is 104 cm³/mol. The summed E-state index contributed by atoms with van der Waals surface area (Å²) >= 11 is 0. The van der Waals surface area contributed by atoms with E-state index < -0.39 is 0 Å². The maximum absolute atomic E-state index is 13.0. The second kappa shape index (κ2) is 8.32. The molecular weight excluding hydrogens is 358 g/mol. The van der Waals surface area contributed by atoms with Gasteiger partial charge in [-0.05, 0) is 50.7 Å². The van der Waals surface area contributed by atoms with Crippen molar-refractivity contribution in [2.45, 2.75) is 39.0 Å². The molecule has 1 aliphatic carbocycles. The van der Waals surface area contributed by atoms with Gasteiger partial charge in [-0.2, -0.15) is 5.10 Å². The molecule has 1 aromatic rings. The number of aromatic nitrogens is 2. The van der Waals surface area contributed by atoms with Crippen LogP contribution in [0.4, 0.5) is 10.6 Å². The molecule has 0 spiro atoms. The Bertz CT molecular complexity index is 733. The monoisotopic (exact) mass is 387 g/mol. The Hall–Kier alpha value is -2.38. The van der Waals surface area contributed by atoms with E-state index >= 15 is 0 Å². The van der Waals surface area contributed by atoms with E-state index in [9.17, 15) is 9.59 Å². The van der Waals surface area contributed by atoms with Gasteiger partial charge < -0.3 is 19.4 Å². The van der Waals surface area contributed by atoms with Crippen molar-refractivity contribution in [3.05, 3.63) is 17.3 Å². The van der Waals surface area contributed by atoms with Gasteiger partial charge in [-0.15, -0.1) is 5.10 Å². The lowest BCUT2D eigenvalue weighted by molar-refractivity contribution is -0.137. The lowest BCUT2D eigenvalue weighted by atomic mass is 9.96. The minimum Gasteiger partial charge on any atom is -0.450 e. The van der Waals surface area contributed by atoms with E-state index in [4.69, 9.17) is 4.74 Å². The Morgan fingerprint density at radius 2 is 1.86 bits per heavy atom. The summed E-state index contributed by atoms with van der Waals surface area (Å²) in [5.41, 5.74) is 2.45. The van der Waals surface area contributed by atoms with Crippen LogP contribution in [0.15, 0.2) is 6.07 Å². The number of rotatable bonds is 3. The Labute approximate surface area is 165 Å². The molecule has 0 radical (unpaired) electrons. The zero-order valence-electron chi connectivity index (χ0n) is 16.6. The van der Waals surface area contributed by atoms with E-state index in [2.05, 4.69) is 21.2 Å². The Kier molecular flexibility index (Phi) is 5.64. The molecule has 0 aromatic carbocycles. The molecule has 8 heteroatoms. The van der Waals surface area contributed by atoms with E-state index in [-0.39, 0.29) is 17.9 Å². The number of aryl methyl sites for hydroxylation is 2. The van der Waals surface area contributed by atoms with Crippen molar-refractivity contribution in [3.63, 3.8) is 0 Å². The highest BCUT2D eigenvalue weighted by Crippen LogP contribution is 2.27. The highest BCUT2D eigenvalue weighted by atomic mass is 16.6. The first-order chi connectivity index (χ1) is 13.7. The summed E-state index contributed by atoms with van der Waals surface area (Å²) in [4.78, 5) is 30.7. The summed E-state index contributed by atoms with van der Waals surface area (Å²) in [5.74, 6) is 1.09. The molecule has 3 heterocycles.